The molecule has 1 aliphatic rings. The molecule has 0 amide bonds. The molecule has 0 aliphatic heterocycles. The van der Waals surface area contributed by atoms with Crippen molar-refractivity contribution < 1.29 is 14.3 Å². The van der Waals surface area contributed by atoms with E-state index in [0.717, 1.165) is 28.7 Å². The maximum Gasteiger partial charge on any atom is 0.310 e. The van der Waals surface area contributed by atoms with Crippen LogP contribution in [-0.2, 0) is 22.4 Å². The quantitative estimate of drug-likeness (QED) is 0.255. The van der Waals surface area contributed by atoms with Gasteiger partial charge in [0, 0.05) is 5.56 Å². The number of hydrogen-bond acceptors (Lipinski definition) is 3. The standard InChI is InChI=1S/C29H22O3/c30-28(25-15-14-24-17-23-8-4-5-9-26(23)27(24)18-25)19-32-29(31)16-20-10-12-22(13-11-20)21-6-2-1-3-7-21/h1-15,18H,16-17,19H2. The summed E-state index contributed by atoms with van der Waals surface area (Å²) in [6, 6.07) is 31.9. The molecule has 0 heterocycles. The van der Waals surface area contributed by atoms with Crippen LogP contribution in [0.5, 0.6) is 0 Å². The minimum Gasteiger partial charge on any atom is -0.457 e. The number of fused-ring (bicyclic) bond motifs is 3. The third kappa shape index (κ3) is 4.10. The molecule has 4 aromatic rings. The topological polar surface area (TPSA) is 43.4 Å². The molecular weight excluding hydrogens is 396 g/mol. The minimum atomic E-state index is -0.405. The third-order valence-corrected chi connectivity index (χ3v) is 5.89. The molecule has 156 valence electrons. The predicted octanol–water partition coefficient (Wildman–Crippen LogP) is 5.89. The number of Topliss-reactive ketones (excluding diaryl/α,β-unsaturated/α-hetero) is 1. The van der Waals surface area contributed by atoms with Crippen LogP contribution in [0.2, 0.25) is 0 Å². The first-order valence-electron chi connectivity index (χ1n) is 10.7. The van der Waals surface area contributed by atoms with Crippen LogP contribution >= 0.6 is 0 Å². The van der Waals surface area contributed by atoms with Gasteiger partial charge < -0.3 is 4.74 Å². The lowest BCUT2D eigenvalue weighted by Crippen LogP contribution is -2.15. The maximum atomic E-state index is 12.6. The summed E-state index contributed by atoms with van der Waals surface area (Å²) >= 11 is 0. The first kappa shape index (κ1) is 20.0. The van der Waals surface area contributed by atoms with Gasteiger partial charge in [0.1, 0.15) is 0 Å². The van der Waals surface area contributed by atoms with Crippen molar-refractivity contribution in [2.75, 3.05) is 6.61 Å². The normalized spacial score (nSPS) is 11.5. The number of hydrogen-bond donors (Lipinski definition) is 0. The number of rotatable bonds is 6. The molecule has 4 aromatic carbocycles. The van der Waals surface area contributed by atoms with Gasteiger partial charge >= 0.3 is 5.97 Å². The van der Waals surface area contributed by atoms with Crippen molar-refractivity contribution in [3.05, 3.63) is 119 Å². The first-order valence-corrected chi connectivity index (χ1v) is 10.7. The fourth-order valence-electron chi connectivity index (χ4n) is 4.19. The summed E-state index contributed by atoms with van der Waals surface area (Å²) in [4.78, 5) is 24.9. The van der Waals surface area contributed by atoms with Crippen molar-refractivity contribution in [2.45, 2.75) is 12.8 Å². The average molecular weight is 418 g/mol. The molecule has 0 atom stereocenters. The fraction of sp³-hybridized carbons (Fsp3) is 0.103. The van der Waals surface area contributed by atoms with Crippen LogP contribution < -0.4 is 0 Å². The number of esters is 1. The SMILES string of the molecule is O=C(Cc1ccc(-c2ccccc2)cc1)OCC(=O)c1ccc2c(c1)-c1ccccc1C2. The second-order valence-corrected chi connectivity index (χ2v) is 8.03. The average Bonchev–Trinajstić information content (AvgIpc) is 3.21. The molecule has 32 heavy (non-hydrogen) atoms. The minimum absolute atomic E-state index is 0.139. The Bertz CT molecular complexity index is 1290. The van der Waals surface area contributed by atoms with Gasteiger partial charge in [-0.15, -0.1) is 0 Å². The largest absolute Gasteiger partial charge is 0.457 e. The summed E-state index contributed by atoms with van der Waals surface area (Å²) in [6.45, 7) is -0.249. The Labute approximate surface area is 187 Å². The Kier molecular flexibility index (Phi) is 5.39. The number of benzene rings is 4. The summed E-state index contributed by atoms with van der Waals surface area (Å²) in [7, 11) is 0. The van der Waals surface area contributed by atoms with Crippen LogP contribution in [0.25, 0.3) is 22.3 Å². The van der Waals surface area contributed by atoms with Crippen molar-refractivity contribution in [1.29, 1.82) is 0 Å². The summed E-state index contributed by atoms with van der Waals surface area (Å²) in [6.07, 6.45) is 1.03. The fourth-order valence-corrected chi connectivity index (χ4v) is 4.19. The lowest BCUT2D eigenvalue weighted by atomic mass is 10.0. The molecule has 0 unspecified atom stereocenters. The highest BCUT2D eigenvalue weighted by molar-refractivity contribution is 5.99. The van der Waals surface area contributed by atoms with Gasteiger partial charge in [0.25, 0.3) is 0 Å². The van der Waals surface area contributed by atoms with Crippen LogP contribution in [0, 0.1) is 0 Å². The third-order valence-electron chi connectivity index (χ3n) is 5.89. The van der Waals surface area contributed by atoms with Crippen molar-refractivity contribution in [1.82, 2.24) is 0 Å². The van der Waals surface area contributed by atoms with E-state index in [2.05, 4.69) is 12.1 Å². The van der Waals surface area contributed by atoms with Gasteiger partial charge in [-0.05, 0) is 51.4 Å². The molecular formula is C29H22O3. The van der Waals surface area contributed by atoms with Gasteiger partial charge in [-0.25, -0.2) is 0 Å². The van der Waals surface area contributed by atoms with E-state index in [-0.39, 0.29) is 18.8 Å². The summed E-state index contributed by atoms with van der Waals surface area (Å²) in [5.74, 6) is -0.595. The molecule has 0 saturated carbocycles. The number of carbonyl (C=O) groups excluding carboxylic acids is 2. The lowest BCUT2D eigenvalue weighted by molar-refractivity contribution is -0.141. The molecule has 0 N–H and O–H groups in total. The monoisotopic (exact) mass is 418 g/mol. The highest BCUT2D eigenvalue weighted by Crippen LogP contribution is 2.36. The Morgan fingerprint density at radius 2 is 1.38 bits per heavy atom. The van der Waals surface area contributed by atoms with E-state index in [0.29, 0.717) is 5.56 Å². The van der Waals surface area contributed by atoms with E-state index >= 15 is 0 Å². The first-order chi connectivity index (χ1) is 15.7. The van der Waals surface area contributed by atoms with Crippen LogP contribution in [0.15, 0.2) is 97.1 Å². The molecule has 0 bridgehead atoms. The Morgan fingerprint density at radius 3 is 2.19 bits per heavy atom. The summed E-state index contributed by atoms with van der Waals surface area (Å²) < 4.78 is 5.28. The van der Waals surface area contributed by atoms with Crippen LogP contribution in [0.3, 0.4) is 0 Å². The van der Waals surface area contributed by atoms with Gasteiger partial charge in [-0.1, -0.05) is 91.0 Å². The number of ether oxygens (including phenoxy) is 1. The zero-order chi connectivity index (χ0) is 21.9. The van der Waals surface area contributed by atoms with Crippen molar-refractivity contribution >= 4 is 11.8 Å². The van der Waals surface area contributed by atoms with Crippen LogP contribution in [-0.4, -0.2) is 18.4 Å². The smallest absolute Gasteiger partial charge is 0.310 e. The molecule has 3 heteroatoms. The highest BCUT2D eigenvalue weighted by Gasteiger charge is 2.20. The molecule has 0 fully saturated rings. The van der Waals surface area contributed by atoms with E-state index in [1.165, 1.54) is 16.7 Å². The molecule has 1 aliphatic carbocycles. The van der Waals surface area contributed by atoms with E-state index < -0.39 is 5.97 Å². The van der Waals surface area contributed by atoms with Crippen molar-refractivity contribution in [2.24, 2.45) is 0 Å². The second kappa shape index (κ2) is 8.64. The van der Waals surface area contributed by atoms with Gasteiger partial charge in [0.05, 0.1) is 6.42 Å². The van der Waals surface area contributed by atoms with Crippen LogP contribution in [0.4, 0.5) is 0 Å². The zero-order valence-corrected chi connectivity index (χ0v) is 17.6. The Balaban J connectivity index is 1.19. The van der Waals surface area contributed by atoms with Gasteiger partial charge in [0.2, 0.25) is 0 Å². The molecule has 3 nitrogen and oxygen atoms in total. The van der Waals surface area contributed by atoms with E-state index in [1.54, 1.807) is 0 Å². The number of carbonyl (C=O) groups is 2. The molecule has 0 aromatic heterocycles. The maximum absolute atomic E-state index is 12.6. The van der Waals surface area contributed by atoms with Gasteiger partial charge in [-0.3, -0.25) is 9.59 Å². The Morgan fingerprint density at radius 1 is 0.688 bits per heavy atom. The summed E-state index contributed by atoms with van der Waals surface area (Å²) in [5.41, 5.74) is 8.41. The van der Waals surface area contributed by atoms with Gasteiger partial charge in [0.15, 0.2) is 12.4 Å². The highest BCUT2D eigenvalue weighted by atomic mass is 16.5. The molecule has 5 rings (SSSR count). The van der Waals surface area contributed by atoms with Gasteiger partial charge in [-0.2, -0.15) is 0 Å². The van der Waals surface area contributed by atoms with E-state index in [9.17, 15) is 9.59 Å². The summed E-state index contributed by atoms with van der Waals surface area (Å²) in [5, 5.41) is 0. The van der Waals surface area contributed by atoms with E-state index in [4.69, 9.17) is 4.74 Å². The lowest BCUT2D eigenvalue weighted by Gasteiger charge is -2.08. The molecule has 0 spiro atoms. The Hall–Kier alpha value is -3.98. The predicted molar refractivity (Wildman–Crippen MR) is 126 cm³/mol. The van der Waals surface area contributed by atoms with Crippen LogP contribution in [0.1, 0.15) is 27.0 Å². The molecule has 0 saturated heterocycles. The second-order valence-electron chi connectivity index (χ2n) is 8.03. The van der Waals surface area contributed by atoms with Crippen molar-refractivity contribution in [3.8, 4) is 22.3 Å². The van der Waals surface area contributed by atoms with E-state index in [1.807, 2.05) is 84.9 Å². The zero-order valence-electron chi connectivity index (χ0n) is 17.6. The van der Waals surface area contributed by atoms with Crippen molar-refractivity contribution in [3.63, 3.8) is 0 Å². The number of ketones is 1. The molecule has 0 radical (unpaired) electrons.